The van der Waals surface area contributed by atoms with Crippen LogP contribution in [0.3, 0.4) is 0 Å². The number of nitrogens with zero attached hydrogens (tertiary/aromatic N) is 2. The normalized spacial score (nSPS) is 11.0. The van der Waals surface area contributed by atoms with Gasteiger partial charge in [0.1, 0.15) is 11.4 Å². The fraction of sp³-hybridized carbons (Fsp3) is 0.235. The Hall–Kier alpha value is -2.33. The van der Waals surface area contributed by atoms with Crippen LogP contribution in [-0.4, -0.2) is 28.4 Å². The number of hydrogen-bond acceptors (Lipinski definition) is 3. The minimum atomic E-state index is 0.124. The maximum absolute atomic E-state index is 9.03. The average molecular weight is 282 g/mol. The van der Waals surface area contributed by atoms with Crippen molar-refractivity contribution < 1.29 is 9.84 Å². The van der Waals surface area contributed by atoms with E-state index < -0.39 is 0 Å². The summed E-state index contributed by atoms with van der Waals surface area (Å²) in [5.41, 5.74) is 3.32. The molecule has 4 nitrogen and oxygen atoms in total. The topological polar surface area (TPSA) is 47.3 Å². The Morgan fingerprint density at radius 1 is 1.14 bits per heavy atom. The van der Waals surface area contributed by atoms with Crippen LogP contribution >= 0.6 is 0 Å². The summed E-state index contributed by atoms with van der Waals surface area (Å²) in [6.07, 6.45) is 4.71. The first kappa shape index (κ1) is 13.6. The van der Waals surface area contributed by atoms with Crippen molar-refractivity contribution in [1.82, 2.24) is 9.55 Å². The number of methoxy groups -OCH3 is 1. The number of fused-ring (bicyclic) bond motifs is 1. The molecular weight excluding hydrogens is 264 g/mol. The van der Waals surface area contributed by atoms with Crippen molar-refractivity contribution in [1.29, 1.82) is 0 Å². The predicted molar refractivity (Wildman–Crippen MR) is 82.6 cm³/mol. The van der Waals surface area contributed by atoms with Crippen molar-refractivity contribution in [2.75, 3.05) is 13.7 Å². The number of aliphatic hydroxyl groups excluding tert-OH is 1. The van der Waals surface area contributed by atoms with Gasteiger partial charge in [0.25, 0.3) is 0 Å². The quantitative estimate of drug-likeness (QED) is 0.782. The second kappa shape index (κ2) is 5.97. The van der Waals surface area contributed by atoms with Gasteiger partial charge in [0.05, 0.1) is 13.7 Å². The predicted octanol–water partition coefficient (Wildman–Crippen LogP) is 2.63. The van der Waals surface area contributed by atoms with Gasteiger partial charge in [-0.2, -0.15) is 0 Å². The standard InChI is InChI=1S/C17H18N2O2/c1-21-16-4-2-13(3-5-16)10-14-11-15-6-7-19(8-9-20)17(15)18-12-14/h2-7,11-12,20H,8-10H2,1H3. The lowest BCUT2D eigenvalue weighted by molar-refractivity contribution is 0.278. The van der Waals surface area contributed by atoms with Crippen LogP contribution in [0.1, 0.15) is 11.1 Å². The summed E-state index contributed by atoms with van der Waals surface area (Å²) in [4.78, 5) is 4.52. The molecule has 0 fully saturated rings. The molecule has 0 aliphatic heterocycles. The van der Waals surface area contributed by atoms with Gasteiger partial charge in [-0.15, -0.1) is 0 Å². The average Bonchev–Trinajstić information content (AvgIpc) is 2.91. The maximum Gasteiger partial charge on any atom is 0.139 e. The molecule has 2 aromatic heterocycles. The highest BCUT2D eigenvalue weighted by atomic mass is 16.5. The van der Waals surface area contributed by atoms with Crippen molar-refractivity contribution in [3.63, 3.8) is 0 Å². The highest BCUT2D eigenvalue weighted by Gasteiger charge is 2.04. The van der Waals surface area contributed by atoms with Crippen molar-refractivity contribution in [2.24, 2.45) is 0 Å². The first-order valence-corrected chi connectivity index (χ1v) is 6.97. The van der Waals surface area contributed by atoms with E-state index in [9.17, 15) is 0 Å². The summed E-state index contributed by atoms with van der Waals surface area (Å²) in [5, 5.41) is 10.1. The Morgan fingerprint density at radius 2 is 1.95 bits per heavy atom. The fourth-order valence-corrected chi connectivity index (χ4v) is 2.49. The molecule has 3 aromatic rings. The number of rotatable bonds is 5. The zero-order chi connectivity index (χ0) is 14.7. The molecule has 0 amide bonds. The molecular formula is C17H18N2O2. The SMILES string of the molecule is COc1ccc(Cc2cnc3c(ccn3CCO)c2)cc1. The van der Waals surface area contributed by atoms with E-state index in [1.165, 1.54) is 11.1 Å². The van der Waals surface area contributed by atoms with Crippen LogP contribution in [0.5, 0.6) is 5.75 Å². The number of pyridine rings is 1. The van der Waals surface area contributed by atoms with Gasteiger partial charge in [-0.25, -0.2) is 4.98 Å². The number of benzene rings is 1. The van der Waals surface area contributed by atoms with Crippen LogP contribution in [0.4, 0.5) is 0 Å². The van der Waals surface area contributed by atoms with Gasteiger partial charge in [-0.05, 0) is 41.8 Å². The van der Waals surface area contributed by atoms with Crippen LogP contribution in [0.25, 0.3) is 11.0 Å². The van der Waals surface area contributed by atoms with E-state index in [4.69, 9.17) is 9.84 Å². The lowest BCUT2D eigenvalue weighted by Gasteiger charge is -2.05. The van der Waals surface area contributed by atoms with Crippen LogP contribution in [0.15, 0.2) is 48.8 Å². The van der Waals surface area contributed by atoms with E-state index in [1.807, 2.05) is 35.2 Å². The van der Waals surface area contributed by atoms with Gasteiger partial charge in [0.2, 0.25) is 0 Å². The maximum atomic E-state index is 9.03. The number of ether oxygens (including phenoxy) is 1. The van der Waals surface area contributed by atoms with E-state index in [2.05, 4.69) is 23.2 Å². The van der Waals surface area contributed by atoms with Gasteiger partial charge in [0, 0.05) is 24.3 Å². The van der Waals surface area contributed by atoms with Gasteiger partial charge in [-0.3, -0.25) is 0 Å². The summed E-state index contributed by atoms with van der Waals surface area (Å²) < 4.78 is 7.13. The van der Waals surface area contributed by atoms with Crippen molar-refractivity contribution >= 4 is 11.0 Å². The number of aromatic nitrogens is 2. The Bertz CT molecular complexity index is 732. The molecule has 108 valence electrons. The summed E-state index contributed by atoms with van der Waals surface area (Å²) in [5.74, 6) is 0.869. The van der Waals surface area contributed by atoms with E-state index in [1.54, 1.807) is 7.11 Å². The van der Waals surface area contributed by atoms with Crippen molar-refractivity contribution in [2.45, 2.75) is 13.0 Å². The summed E-state index contributed by atoms with van der Waals surface area (Å²) in [6, 6.07) is 12.3. The molecule has 0 unspecified atom stereocenters. The minimum Gasteiger partial charge on any atom is -0.497 e. The summed E-state index contributed by atoms with van der Waals surface area (Å²) in [6.45, 7) is 0.702. The highest BCUT2D eigenvalue weighted by Crippen LogP contribution is 2.18. The second-order valence-electron chi connectivity index (χ2n) is 5.01. The molecule has 0 saturated heterocycles. The first-order valence-electron chi connectivity index (χ1n) is 6.97. The van der Waals surface area contributed by atoms with Gasteiger partial charge in [0.15, 0.2) is 0 Å². The number of aliphatic hydroxyl groups is 1. The Labute approximate surface area is 123 Å². The van der Waals surface area contributed by atoms with E-state index in [0.717, 1.165) is 23.2 Å². The van der Waals surface area contributed by atoms with Crippen molar-refractivity contribution in [3.8, 4) is 5.75 Å². The number of hydrogen-bond donors (Lipinski definition) is 1. The molecule has 0 aliphatic carbocycles. The molecule has 0 spiro atoms. The Kier molecular flexibility index (Phi) is 3.88. The molecule has 3 rings (SSSR count). The molecule has 2 heterocycles. The lowest BCUT2D eigenvalue weighted by atomic mass is 10.1. The summed E-state index contributed by atoms with van der Waals surface area (Å²) >= 11 is 0. The van der Waals surface area contributed by atoms with Crippen LogP contribution < -0.4 is 4.74 Å². The first-order chi connectivity index (χ1) is 10.3. The van der Waals surface area contributed by atoms with Crippen molar-refractivity contribution in [3.05, 3.63) is 59.9 Å². The minimum absolute atomic E-state index is 0.124. The molecule has 1 N–H and O–H groups in total. The molecule has 21 heavy (non-hydrogen) atoms. The molecule has 1 aromatic carbocycles. The molecule has 0 saturated carbocycles. The largest absolute Gasteiger partial charge is 0.497 e. The molecule has 0 radical (unpaired) electrons. The zero-order valence-corrected chi connectivity index (χ0v) is 12.0. The smallest absolute Gasteiger partial charge is 0.139 e. The fourth-order valence-electron chi connectivity index (χ4n) is 2.49. The van der Waals surface area contributed by atoms with E-state index >= 15 is 0 Å². The molecule has 0 aliphatic rings. The van der Waals surface area contributed by atoms with E-state index in [0.29, 0.717) is 6.54 Å². The summed E-state index contributed by atoms with van der Waals surface area (Å²) in [7, 11) is 1.67. The Balaban J connectivity index is 1.83. The van der Waals surface area contributed by atoms with Gasteiger partial charge < -0.3 is 14.4 Å². The van der Waals surface area contributed by atoms with Gasteiger partial charge >= 0.3 is 0 Å². The zero-order valence-electron chi connectivity index (χ0n) is 12.0. The third-order valence-corrected chi connectivity index (χ3v) is 3.57. The Morgan fingerprint density at radius 3 is 2.67 bits per heavy atom. The third-order valence-electron chi connectivity index (χ3n) is 3.57. The van der Waals surface area contributed by atoms with E-state index in [-0.39, 0.29) is 6.61 Å². The third kappa shape index (κ3) is 2.90. The highest BCUT2D eigenvalue weighted by molar-refractivity contribution is 5.76. The van der Waals surface area contributed by atoms with Crippen LogP contribution in [0.2, 0.25) is 0 Å². The van der Waals surface area contributed by atoms with Gasteiger partial charge in [-0.1, -0.05) is 12.1 Å². The monoisotopic (exact) mass is 282 g/mol. The second-order valence-corrected chi connectivity index (χ2v) is 5.01. The van der Waals surface area contributed by atoms with Crippen LogP contribution in [0, 0.1) is 0 Å². The lowest BCUT2D eigenvalue weighted by Crippen LogP contribution is -2.01. The molecule has 0 bridgehead atoms. The van der Waals surface area contributed by atoms with Crippen LogP contribution in [-0.2, 0) is 13.0 Å². The molecule has 0 atom stereocenters. The molecule has 4 heteroatoms.